The van der Waals surface area contributed by atoms with E-state index in [1.54, 1.807) is 0 Å². The van der Waals surface area contributed by atoms with Crippen molar-refractivity contribution in [3.05, 3.63) is 73.6 Å². The molecule has 142 valence electrons. The Kier molecular flexibility index (Phi) is 6.33. The molecule has 0 unspecified atom stereocenters. The first-order valence-corrected chi connectivity index (χ1v) is 11.4. The van der Waals surface area contributed by atoms with E-state index in [-0.39, 0.29) is 28.6 Å². The summed E-state index contributed by atoms with van der Waals surface area (Å²) in [6.45, 7) is 0.438. The van der Waals surface area contributed by atoms with Crippen molar-refractivity contribution in [2.75, 3.05) is 7.11 Å². The predicted octanol–water partition coefficient (Wildman–Crippen LogP) is 4.64. The van der Waals surface area contributed by atoms with Crippen LogP contribution in [0.4, 0.5) is 0 Å². The molecule has 0 spiro atoms. The van der Waals surface area contributed by atoms with Gasteiger partial charge in [-0.15, -0.1) is 22.7 Å². The maximum atomic E-state index is 13.4. The number of nitrogens with zero attached hydrogens (tertiary/aromatic N) is 1. The summed E-state index contributed by atoms with van der Waals surface area (Å²) in [6.07, 6.45) is 0. The van der Waals surface area contributed by atoms with E-state index in [9.17, 15) is 13.2 Å². The van der Waals surface area contributed by atoms with Crippen LogP contribution in [0.5, 0.6) is 0 Å². The molecule has 0 atom stereocenters. The van der Waals surface area contributed by atoms with Gasteiger partial charge in [-0.2, -0.15) is 4.31 Å². The van der Waals surface area contributed by atoms with Crippen LogP contribution >= 0.6 is 34.3 Å². The van der Waals surface area contributed by atoms with Gasteiger partial charge in [0.15, 0.2) is 0 Å². The Morgan fingerprint density at radius 2 is 1.67 bits per heavy atom. The van der Waals surface area contributed by atoms with E-state index < -0.39 is 16.0 Å². The number of benzene rings is 1. The Hall–Kier alpha value is -1.71. The first-order chi connectivity index (χ1) is 12.9. The van der Waals surface area contributed by atoms with Crippen molar-refractivity contribution in [3.63, 3.8) is 0 Å². The number of esters is 1. The third-order valence-corrected chi connectivity index (χ3v) is 7.79. The first kappa shape index (κ1) is 20.0. The van der Waals surface area contributed by atoms with Gasteiger partial charge in [0, 0.05) is 22.8 Å². The highest BCUT2D eigenvalue weighted by Gasteiger charge is 2.29. The minimum Gasteiger partial charge on any atom is -0.465 e. The maximum absolute atomic E-state index is 13.4. The van der Waals surface area contributed by atoms with Gasteiger partial charge in [-0.1, -0.05) is 23.7 Å². The molecule has 1 aromatic carbocycles. The van der Waals surface area contributed by atoms with Crippen LogP contribution in [0.25, 0.3) is 0 Å². The van der Waals surface area contributed by atoms with Crippen molar-refractivity contribution in [2.24, 2.45) is 0 Å². The smallest absolute Gasteiger partial charge is 0.337 e. The Bertz CT molecular complexity index is 979. The van der Waals surface area contributed by atoms with Gasteiger partial charge >= 0.3 is 5.97 Å². The molecule has 0 aliphatic carbocycles. The fourth-order valence-corrected chi connectivity index (χ4v) is 5.96. The summed E-state index contributed by atoms with van der Waals surface area (Å²) in [7, 11) is -2.70. The van der Waals surface area contributed by atoms with Crippen LogP contribution in [0.3, 0.4) is 0 Å². The molecule has 5 nitrogen and oxygen atoms in total. The number of hydrogen-bond donors (Lipinski definition) is 0. The van der Waals surface area contributed by atoms with E-state index in [0.717, 1.165) is 9.75 Å². The quantitative estimate of drug-likeness (QED) is 0.501. The van der Waals surface area contributed by atoms with E-state index in [4.69, 9.17) is 11.6 Å². The van der Waals surface area contributed by atoms with Gasteiger partial charge in [0.2, 0.25) is 10.0 Å². The molecule has 27 heavy (non-hydrogen) atoms. The van der Waals surface area contributed by atoms with Gasteiger partial charge in [-0.3, -0.25) is 0 Å². The minimum absolute atomic E-state index is 0.0602. The largest absolute Gasteiger partial charge is 0.465 e. The molecule has 2 heterocycles. The molecule has 0 fully saturated rings. The highest BCUT2D eigenvalue weighted by Crippen LogP contribution is 2.29. The summed E-state index contributed by atoms with van der Waals surface area (Å²) in [5.74, 6) is -0.619. The molecule has 0 aliphatic heterocycles. The lowest BCUT2D eigenvalue weighted by atomic mass is 10.2. The van der Waals surface area contributed by atoms with Crippen molar-refractivity contribution in [1.82, 2.24) is 4.31 Å². The zero-order valence-corrected chi connectivity index (χ0v) is 17.5. The Balaban J connectivity index is 2.02. The van der Waals surface area contributed by atoms with E-state index in [1.165, 1.54) is 52.3 Å². The van der Waals surface area contributed by atoms with Crippen LogP contribution in [0.1, 0.15) is 20.1 Å². The minimum atomic E-state index is -3.94. The van der Waals surface area contributed by atoms with Gasteiger partial charge in [-0.05, 0) is 41.1 Å². The van der Waals surface area contributed by atoms with Crippen molar-refractivity contribution >= 4 is 50.3 Å². The Morgan fingerprint density at radius 3 is 2.15 bits per heavy atom. The third kappa shape index (κ3) is 4.59. The van der Waals surface area contributed by atoms with E-state index in [2.05, 4.69) is 4.74 Å². The molecule has 0 amide bonds. The molecular weight excluding hydrogens is 426 g/mol. The Morgan fingerprint density at radius 1 is 1.07 bits per heavy atom. The molecule has 0 saturated heterocycles. The predicted molar refractivity (Wildman–Crippen MR) is 108 cm³/mol. The second-order valence-electron chi connectivity index (χ2n) is 5.57. The van der Waals surface area contributed by atoms with Crippen LogP contribution < -0.4 is 0 Å². The zero-order chi connectivity index (χ0) is 19.4. The van der Waals surface area contributed by atoms with Crippen LogP contribution in [0, 0.1) is 0 Å². The second-order valence-corrected chi connectivity index (χ2v) is 9.95. The summed E-state index contributed by atoms with van der Waals surface area (Å²) in [5, 5.41) is 3.86. The summed E-state index contributed by atoms with van der Waals surface area (Å²) >= 11 is 9.15. The van der Waals surface area contributed by atoms with Gasteiger partial charge in [0.25, 0.3) is 0 Å². The molecule has 9 heteroatoms. The van der Waals surface area contributed by atoms with Gasteiger partial charge in [-0.25, -0.2) is 13.2 Å². The topological polar surface area (TPSA) is 63.7 Å². The third-order valence-electron chi connectivity index (χ3n) is 3.79. The number of rotatable bonds is 7. The number of sulfonamides is 1. The number of methoxy groups -OCH3 is 1. The molecule has 0 saturated carbocycles. The average molecular weight is 442 g/mol. The summed E-state index contributed by atoms with van der Waals surface area (Å²) in [4.78, 5) is 13.5. The normalized spacial score (nSPS) is 11.7. The molecule has 0 radical (unpaired) electrons. The van der Waals surface area contributed by atoms with Crippen molar-refractivity contribution in [3.8, 4) is 0 Å². The maximum Gasteiger partial charge on any atom is 0.337 e. The van der Waals surface area contributed by atoms with Gasteiger partial charge in [0.05, 0.1) is 17.7 Å². The van der Waals surface area contributed by atoms with Crippen LogP contribution in [-0.4, -0.2) is 25.8 Å². The Labute approximate surface area is 170 Å². The summed E-state index contributed by atoms with van der Waals surface area (Å²) in [6, 6.07) is 11.6. The van der Waals surface area contributed by atoms with E-state index in [1.807, 2.05) is 35.0 Å². The molecule has 0 N–H and O–H groups in total. The molecule has 3 aromatic rings. The fourth-order valence-electron chi connectivity index (χ4n) is 2.46. The molecule has 3 rings (SSSR count). The second kappa shape index (κ2) is 8.53. The van der Waals surface area contributed by atoms with Crippen LogP contribution in [0.15, 0.2) is 58.1 Å². The SMILES string of the molecule is COC(=O)c1ccc(Cl)c(S(=O)(=O)N(Cc2cccs2)Cc2cccs2)c1. The summed E-state index contributed by atoms with van der Waals surface area (Å²) in [5.41, 5.74) is 0.132. The highest BCUT2D eigenvalue weighted by atomic mass is 35.5. The highest BCUT2D eigenvalue weighted by molar-refractivity contribution is 7.89. The molecule has 0 aliphatic rings. The van der Waals surface area contributed by atoms with Crippen LogP contribution in [-0.2, 0) is 27.8 Å². The number of thiophene rings is 2. The molecular formula is C18H16ClNO4S3. The van der Waals surface area contributed by atoms with Crippen molar-refractivity contribution < 1.29 is 17.9 Å². The monoisotopic (exact) mass is 441 g/mol. The fraction of sp³-hybridized carbons (Fsp3) is 0.167. The molecule has 0 bridgehead atoms. The number of hydrogen-bond acceptors (Lipinski definition) is 6. The zero-order valence-electron chi connectivity index (χ0n) is 14.3. The molecule has 2 aromatic heterocycles. The van der Waals surface area contributed by atoms with Crippen molar-refractivity contribution in [2.45, 2.75) is 18.0 Å². The number of ether oxygens (including phenoxy) is 1. The van der Waals surface area contributed by atoms with Crippen LogP contribution in [0.2, 0.25) is 5.02 Å². The standard InChI is InChI=1S/C18H16ClNO4S3/c1-24-18(21)13-6-7-16(19)17(10-13)27(22,23)20(11-14-4-2-8-25-14)12-15-5-3-9-26-15/h2-10H,11-12H2,1H3. The number of halogens is 1. The average Bonchev–Trinajstić information content (AvgIpc) is 3.34. The lowest BCUT2D eigenvalue weighted by molar-refractivity contribution is 0.0600. The van der Waals surface area contributed by atoms with E-state index in [0.29, 0.717) is 0 Å². The lowest BCUT2D eigenvalue weighted by Crippen LogP contribution is -2.30. The van der Waals surface area contributed by atoms with E-state index >= 15 is 0 Å². The van der Waals surface area contributed by atoms with Gasteiger partial charge < -0.3 is 4.74 Å². The lowest BCUT2D eigenvalue weighted by Gasteiger charge is -2.22. The number of carbonyl (C=O) groups is 1. The first-order valence-electron chi connectivity index (χ1n) is 7.84. The van der Waals surface area contributed by atoms with Crippen molar-refractivity contribution in [1.29, 1.82) is 0 Å². The van der Waals surface area contributed by atoms with Gasteiger partial charge in [0.1, 0.15) is 4.90 Å². The number of carbonyl (C=O) groups excluding carboxylic acids is 1. The summed E-state index contributed by atoms with van der Waals surface area (Å²) < 4.78 is 32.8.